The Hall–Kier alpha value is -2.25. The number of fused-ring (bicyclic) bond motifs is 1. The Kier molecular flexibility index (Phi) is 6.70. The maximum absolute atomic E-state index is 13.0. The predicted molar refractivity (Wildman–Crippen MR) is 114 cm³/mol. The SMILES string of the molecule is CCc1nc2ccccc2c(=O)n1CC1(O)CCN(C(=O)CN(CC)CC)CC1. The van der Waals surface area contributed by atoms with E-state index in [1.54, 1.807) is 10.6 Å². The van der Waals surface area contributed by atoms with Gasteiger partial charge in [-0.05, 0) is 38.1 Å². The van der Waals surface area contributed by atoms with Gasteiger partial charge >= 0.3 is 0 Å². The Labute approximate surface area is 172 Å². The molecule has 1 saturated heterocycles. The molecule has 158 valence electrons. The van der Waals surface area contributed by atoms with Crippen LogP contribution in [0.15, 0.2) is 29.1 Å². The molecule has 0 radical (unpaired) electrons. The zero-order valence-corrected chi connectivity index (χ0v) is 17.7. The topological polar surface area (TPSA) is 78.7 Å². The van der Waals surface area contributed by atoms with Gasteiger partial charge < -0.3 is 10.0 Å². The molecule has 1 amide bonds. The minimum absolute atomic E-state index is 0.106. The number of hydrogen-bond donors (Lipinski definition) is 1. The summed E-state index contributed by atoms with van der Waals surface area (Å²) in [6.07, 6.45) is 1.53. The van der Waals surface area contributed by atoms with Crippen LogP contribution in [0, 0.1) is 0 Å². The number of likely N-dealkylation sites (tertiary alicyclic amines) is 1. The zero-order valence-electron chi connectivity index (χ0n) is 17.7. The van der Waals surface area contributed by atoms with Crippen LogP contribution in [-0.2, 0) is 17.8 Å². The van der Waals surface area contributed by atoms with E-state index in [1.807, 2.05) is 43.9 Å². The van der Waals surface area contributed by atoms with Crippen molar-refractivity contribution < 1.29 is 9.90 Å². The summed E-state index contributed by atoms with van der Waals surface area (Å²) in [7, 11) is 0. The number of rotatable bonds is 7. The summed E-state index contributed by atoms with van der Waals surface area (Å²) in [5, 5.41) is 11.7. The van der Waals surface area contributed by atoms with Crippen molar-refractivity contribution in [3.05, 3.63) is 40.4 Å². The number of carbonyl (C=O) groups excluding carboxylic acids is 1. The molecule has 0 aliphatic carbocycles. The smallest absolute Gasteiger partial charge is 0.261 e. The molecule has 7 heteroatoms. The standard InChI is InChI=1S/C22H32N4O3/c1-4-19-23-18-10-8-7-9-17(18)21(28)26(19)16-22(29)11-13-25(14-12-22)20(27)15-24(5-2)6-3/h7-10,29H,4-6,11-16H2,1-3H3. The van der Waals surface area contributed by atoms with E-state index in [1.165, 1.54) is 0 Å². The maximum Gasteiger partial charge on any atom is 0.261 e. The van der Waals surface area contributed by atoms with Crippen LogP contribution in [0.25, 0.3) is 10.9 Å². The van der Waals surface area contributed by atoms with Gasteiger partial charge in [0.15, 0.2) is 0 Å². The first-order valence-electron chi connectivity index (χ1n) is 10.6. The number of nitrogens with zero attached hydrogens (tertiary/aromatic N) is 4. The van der Waals surface area contributed by atoms with Gasteiger partial charge in [-0.25, -0.2) is 4.98 Å². The minimum Gasteiger partial charge on any atom is -0.388 e. The van der Waals surface area contributed by atoms with Crippen molar-refractivity contribution in [2.24, 2.45) is 0 Å². The van der Waals surface area contributed by atoms with Crippen molar-refractivity contribution in [2.75, 3.05) is 32.7 Å². The first kappa shape index (κ1) is 21.5. The molecule has 1 fully saturated rings. The highest BCUT2D eigenvalue weighted by Crippen LogP contribution is 2.25. The van der Waals surface area contributed by atoms with Crippen molar-refractivity contribution in [3.63, 3.8) is 0 Å². The lowest BCUT2D eigenvalue weighted by Crippen LogP contribution is -2.51. The van der Waals surface area contributed by atoms with Crippen LogP contribution >= 0.6 is 0 Å². The molecule has 7 nitrogen and oxygen atoms in total. The number of piperidine rings is 1. The Morgan fingerprint density at radius 3 is 2.45 bits per heavy atom. The van der Waals surface area contributed by atoms with E-state index in [4.69, 9.17) is 0 Å². The van der Waals surface area contributed by atoms with Gasteiger partial charge in [-0.3, -0.25) is 19.1 Å². The zero-order chi connectivity index (χ0) is 21.0. The van der Waals surface area contributed by atoms with Crippen LogP contribution < -0.4 is 5.56 Å². The molecule has 0 saturated carbocycles. The number of amides is 1. The van der Waals surface area contributed by atoms with E-state index in [2.05, 4.69) is 9.88 Å². The van der Waals surface area contributed by atoms with Crippen LogP contribution in [0.3, 0.4) is 0 Å². The van der Waals surface area contributed by atoms with E-state index in [-0.39, 0.29) is 18.0 Å². The van der Waals surface area contributed by atoms with E-state index in [9.17, 15) is 14.7 Å². The van der Waals surface area contributed by atoms with Gasteiger partial charge in [0.2, 0.25) is 5.91 Å². The Balaban J connectivity index is 1.74. The monoisotopic (exact) mass is 400 g/mol. The van der Waals surface area contributed by atoms with Crippen molar-refractivity contribution in [2.45, 2.75) is 52.2 Å². The number of benzene rings is 1. The molecule has 0 atom stereocenters. The number of aliphatic hydroxyl groups is 1. The van der Waals surface area contributed by atoms with Gasteiger partial charge in [0, 0.05) is 19.5 Å². The van der Waals surface area contributed by atoms with Gasteiger partial charge in [-0.1, -0.05) is 32.9 Å². The average molecular weight is 401 g/mol. The summed E-state index contributed by atoms with van der Waals surface area (Å²) >= 11 is 0. The largest absolute Gasteiger partial charge is 0.388 e. The van der Waals surface area contributed by atoms with Crippen LogP contribution in [0.2, 0.25) is 0 Å². The molecule has 0 spiro atoms. The molecule has 29 heavy (non-hydrogen) atoms. The normalized spacial score (nSPS) is 16.5. The fraction of sp³-hybridized carbons (Fsp3) is 0.591. The first-order chi connectivity index (χ1) is 13.9. The van der Waals surface area contributed by atoms with Gasteiger partial charge in [0.25, 0.3) is 5.56 Å². The molecule has 1 aliphatic rings. The average Bonchev–Trinajstić information content (AvgIpc) is 2.74. The number of carbonyl (C=O) groups is 1. The van der Waals surface area contributed by atoms with Crippen LogP contribution in [0.4, 0.5) is 0 Å². The van der Waals surface area contributed by atoms with E-state index < -0.39 is 5.60 Å². The molecule has 1 aliphatic heterocycles. The van der Waals surface area contributed by atoms with E-state index in [0.717, 1.165) is 13.1 Å². The van der Waals surface area contributed by atoms with Gasteiger partial charge in [0.05, 0.1) is 29.6 Å². The fourth-order valence-corrected chi connectivity index (χ4v) is 4.01. The highest BCUT2D eigenvalue weighted by molar-refractivity contribution is 5.78. The summed E-state index contributed by atoms with van der Waals surface area (Å²) in [5.74, 6) is 0.789. The van der Waals surface area contributed by atoms with Crippen LogP contribution in [0.1, 0.15) is 39.4 Å². The Bertz CT molecular complexity index is 912. The van der Waals surface area contributed by atoms with Gasteiger partial charge in [-0.15, -0.1) is 0 Å². The lowest BCUT2D eigenvalue weighted by molar-refractivity contribution is -0.137. The molecule has 3 rings (SSSR count). The number of aromatic nitrogens is 2. The second-order valence-corrected chi connectivity index (χ2v) is 7.86. The highest BCUT2D eigenvalue weighted by Gasteiger charge is 2.35. The molecule has 2 heterocycles. The van der Waals surface area contributed by atoms with Crippen molar-refractivity contribution >= 4 is 16.8 Å². The van der Waals surface area contributed by atoms with Crippen molar-refractivity contribution in [1.82, 2.24) is 19.4 Å². The molecular formula is C22H32N4O3. The summed E-state index contributed by atoms with van der Waals surface area (Å²) in [5.41, 5.74) is -0.431. The van der Waals surface area contributed by atoms with E-state index in [0.29, 0.717) is 55.6 Å². The molecule has 0 unspecified atom stereocenters. The highest BCUT2D eigenvalue weighted by atomic mass is 16.3. The summed E-state index contributed by atoms with van der Waals surface area (Å²) in [4.78, 5) is 34.1. The summed E-state index contributed by atoms with van der Waals surface area (Å²) < 4.78 is 1.62. The third kappa shape index (κ3) is 4.67. The molecule has 1 aromatic carbocycles. The maximum atomic E-state index is 13.0. The van der Waals surface area contributed by atoms with Gasteiger partial charge in [0.1, 0.15) is 5.82 Å². The number of likely N-dealkylation sites (N-methyl/N-ethyl adjacent to an activating group) is 1. The quantitative estimate of drug-likeness (QED) is 0.765. The third-order valence-electron chi connectivity index (χ3n) is 6.01. The molecule has 0 bridgehead atoms. The Morgan fingerprint density at radius 1 is 1.17 bits per heavy atom. The number of hydrogen-bond acceptors (Lipinski definition) is 5. The Morgan fingerprint density at radius 2 is 1.83 bits per heavy atom. The number of para-hydroxylation sites is 1. The van der Waals surface area contributed by atoms with Gasteiger partial charge in [-0.2, -0.15) is 0 Å². The lowest BCUT2D eigenvalue weighted by atomic mass is 9.91. The molecule has 2 aromatic rings. The number of aryl methyl sites for hydroxylation is 1. The van der Waals surface area contributed by atoms with Crippen LogP contribution in [0.5, 0.6) is 0 Å². The summed E-state index contributed by atoms with van der Waals surface area (Å²) in [6, 6.07) is 7.32. The second kappa shape index (κ2) is 9.05. The van der Waals surface area contributed by atoms with E-state index >= 15 is 0 Å². The molecule has 1 N–H and O–H groups in total. The molecule has 1 aromatic heterocycles. The third-order valence-corrected chi connectivity index (χ3v) is 6.01. The second-order valence-electron chi connectivity index (χ2n) is 7.86. The molecular weight excluding hydrogens is 368 g/mol. The van der Waals surface area contributed by atoms with Crippen molar-refractivity contribution in [1.29, 1.82) is 0 Å². The van der Waals surface area contributed by atoms with Crippen molar-refractivity contribution in [3.8, 4) is 0 Å². The lowest BCUT2D eigenvalue weighted by Gasteiger charge is -2.39. The minimum atomic E-state index is -1.01. The fourth-order valence-electron chi connectivity index (χ4n) is 4.01. The van der Waals surface area contributed by atoms with Crippen LogP contribution in [-0.4, -0.2) is 68.7 Å². The first-order valence-corrected chi connectivity index (χ1v) is 10.6. The predicted octanol–water partition coefficient (Wildman–Crippen LogP) is 1.65. The summed E-state index contributed by atoms with van der Waals surface area (Å²) in [6.45, 7) is 9.39.